The Balaban J connectivity index is 4.38. The van der Waals surface area contributed by atoms with Crippen LogP contribution in [0, 0.1) is 11.8 Å². The number of carbonyl (C=O) groups is 2. The molecule has 0 amide bonds. The minimum Gasteiger partial charge on any atom is -0.373 e. The van der Waals surface area contributed by atoms with Gasteiger partial charge in [-0.25, -0.2) is 0 Å². The molecule has 0 saturated heterocycles. The summed E-state index contributed by atoms with van der Waals surface area (Å²) in [5.74, 6) is -0.213. The van der Waals surface area contributed by atoms with Gasteiger partial charge < -0.3 is 9.53 Å². The number of hydrogen-bond acceptors (Lipinski definition) is 3. The molecule has 0 heterocycles. The molecular weight excluding hydrogens is 192 g/mol. The number of hydrogen-bond donors (Lipinski definition) is 0. The van der Waals surface area contributed by atoms with Gasteiger partial charge >= 0.3 is 0 Å². The number of aldehydes is 1. The first-order valence-electron chi connectivity index (χ1n) is 4.20. The Morgan fingerprint density at radius 2 is 2.08 bits per heavy atom. The Bertz CT molecular complexity index is 180. The summed E-state index contributed by atoms with van der Waals surface area (Å²) in [6.07, 6.45) is 0.472. The van der Waals surface area contributed by atoms with E-state index in [0.29, 0.717) is 18.6 Å². The van der Waals surface area contributed by atoms with E-state index in [-0.39, 0.29) is 0 Å². The maximum absolute atomic E-state index is 11.0. The van der Waals surface area contributed by atoms with Gasteiger partial charge in [-0.3, -0.25) is 4.79 Å². The highest BCUT2D eigenvalue weighted by molar-refractivity contribution is 6.64. The van der Waals surface area contributed by atoms with Crippen molar-refractivity contribution in [1.82, 2.24) is 0 Å². The van der Waals surface area contributed by atoms with Crippen LogP contribution in [-0.2, 0) is 14.3 Å². The third-order valence-electron chi connectivity index (χ3n) is 1.82. The maximum Gasteiger partial charge on any atom is 0.227 e. The molecule has 76 valence electrons. The van der Waals surface area contributed by atoms with Crippen LogP contribution in [0.15, 0.2) is 0 Å². The summed E-state index contributed by atoms with van der Waals surface area (Å²) in [6.45, 7) is 3.93. The van der Waals surface area contributed by atoms with Crippen molar-refractivity contribution in [2.45, 2.75) is 26.4 Å². The highest BCUT2D eigenvalue weighted by Gasteiger charge is 2.27. The second kappa shape index (κ2) is 6.11. The van der Waals surface area contributed by atoms with Gasteiger partial charge in [0.2, 0.25) is 5.24 Å². The van der Waals surface area contributed by atoms with E-state index in [4.69, 9.17) is 16.3 Å². The van der Waals surface area contributed by atoms with Crippen molar-refractivity contribution >= 4 is 23.1 Å². The molecule has 3 nitrogen and oxygen atoms in total. The van der Waals surface area contributed by atoms with Crippen LogP contribution in [-0.4, -0.2) is 24.7 Å². The van der Waals surface area contributed by atoms with Crippen molar-refractivity contribution in [2.75, 3.05) is 7.11 Å². The Morgan fingerprint density at radius 3 is 2.31 bits per heavy atom. The first-order chi connectivity index (χ1) is 6.02. The fraction of sp³-hybridized carbons (Fsp3) is 0.778. The molecule has 2 unspecified atom stereocenters. The van der Waals surface area contributed by atoms with Gasteiger partial charge in [-0.05, 0) is 23.9 Å². The van der Waals surface area contributed by atoms with Crippen LogP contribution in [0.1, 0.15) is 20.3 Å². The molecule has 2 atom stereocenters. The molecular formula is C9H15ClO3. The van der Waals surface area contributed by atoms with Crippen LogP contribution in [0.4, 0.5) is 0 Å². The molecule has 0 saturated carbocycles. The first-order valence-corrected chi connectivity index (χ1v) is 4.58. The summed E-state index contributed by atoms with van der Waals surface area (Å²) in [6, 6.07) is 0. The van der Waals surface area contributed by atoms with Gasteiger partial charge in [0.05, 0.1) is 5.92 Å². The summed E-state index contributed by atoms with van der Waals surface area (Å²) >= 11 is 5.36. The molecule has 0 spiro atoms. The van der Waals surface area contributed by atoms with E-state index < -0.39 is 17.3 Å². The molecule has 13 heavy (non-hydrogen) atoms. The van der Waals surface area contributed by atoms with E-state index in [1.54, 1.807) is 0 Å². The standard InChI is InChI=1S/C9H15ClO3/c1-6(2)4-7(9(10)12)8(5-11)13-3/h5-8H,4H2,1-3H3. The topological polar surface area (TPSA) is 43.4 Å². The van der Waals surface area contributed by atoms with Gasteiger partial charge in [-0.1, -0.05) is 13.8 Å². The molecule has 0 aliphatic heterocycles. The Kier molecular flexibility index (Phi) is 5.91. The zero-order valence-corrected chi connectivity index (χ0v) is 8.88. The monoisotopic (exact) mass is 206 g/mol. The molecule has 0 bridgehead atoms. The van der Waals surface area contributed by atoms with Gasteiger partial charge in [0.1, 0.15) is 12.4 Å². The lowest BCUT2D eigenvalue weighted by Crippen LogP contribution is -2.30. The molecule has 0 aromatic heterocycles. The van der Waals surface area contributed by atoms with Crippen molar-refractivity contribution in [3.8, 4) is 0 Å². The van der Waals surface area contributed by atoms with E-state index in [1.807, 2.05) is 13.8 Å². The molecule has 0 radical (unpaired) electrons. The Morgan fingerprint density at radius 1 is 1.54 bits per heavy atom. The van der Waals surface area contributed by atoms with E-state index >= 15 is 0 Å². The molecule has 0 rings (SSSR count). The van der Waals surface area contributed by atoms with Crippen LogP contribution in [0.25, 0.3) is 0 Å². The van der Waals surface area contributed by atoms with Gasteiger partial charge in [0.15, 0.2) is 0 Å². The van der Waals surface area contributed by atoms with Crippen molar-refractivity contribution in [3.63, 3.8) is 0 Å². The number of ether oxygens (including phenoxy) is 1. The van der Waals surface area contributed by atoms with E-state index in [1.165, 1.54) is 7.11 Å². The Hall–Kier alpha value is -0.410. The summed E-state index contributed by atoms with van der Waals surface area (Å²) < 4.78 is 4.85. The number of halogens is 1. The van der Waals surface area contributed by atoms with Gasteiger partial charge in [0.25, 0.3) is 0 Å². The molecule has 0 aliphatic rings. The SMILES string of the molecule is COC(C=O)C(CC(C)C)C(=O)Cl. The molecule has 0 aromatic carbocycles. The van der Waals surface area contributed by atoms with Gasteiger partial charge in [-0.2, -0.15) is 0 Å². The summed E-state index contributed by atoms with van der Waals surface area (Å²) in [7, 11) is 1.40. The third-order valence-corrected chi connectivity index (χ3v) is 2.10. The van der Waals surface area contributed by atoms with Crippen LogP contribution in [0.5, 0.6) is 0 Å². The first kappa shape index (κ1) is 12.6. The van der Waals surface area contributed by atoms with Crippen molar-refractivity contribution in [3.05, 3.63) is 0 Å². The second-order valence-corrected chi connectivity index (χ2v) is 3.75. The molecule has 4 heteroatoms. The van der Waals surface area contributed by atoms with Crippen LogP contribution >= 0.6 is 11.6 Å². The average Bonchev–Trinajstić information content (AvgIpc) is 2.04. The van der Waals surface area contributed by atoms with Crippen LogP contribution < -0.4 is 0 Å². The van der Waals surface area contributed by atoms with E-state index in [2.05, 4.69) is 0 Å². The third kappa shape index (κ3) is 4.39. The minimum atomic E-state index is -0.715. The second-order valence-electron chi connectivity index (χ2n) is 3.38. The number of methoxy groups -OCH3 is 1. The number of rotatable bonds is 6. The lowest BCUT2D eigenvalue weighted by atomic mass is 9.94. The van der Waals surface area contributed by atoms with Crippen molar-refractivity contribution in [2.24, 2.45) is 11.8 Å². The zero-order valence-electron chi connectivity index (χ0n) is 8.12. The minimum absolute atomic E-state index is 0.310. The highest BCUT2D eigenvalue weighted by Crippen LogP contribution is 2.19. The predicted octanol–water partition coefficient (Wildman–Crippen LogP) is 1.63. The van der Waals surface area contributed by atoms with Crippen molar-refractivity contribution in [1.29, 1.82) is 0 Å². The quantitative estimate of drug-likeness (QED) is 0.490. The highest BCUT2D eigenvalue weighted by atomic mass is 35.5. The van der Waals surface area contributed by atoms with Gasteiger partial charge in [-0.15, -0.1) is 0 Å². The lowest BCUT2D eigenvalue weighted by Gasteiger charge is -2.19. The normalized spacial score (nSPS) is 15.5. The van der Waals surface area contributed by atoms with Crippen LogP contribution in [0.3, 0.4) is 0 Å². The van der Waals surface area contributed by atoms with Crippen molar-refractivity contribution < 1.29 is 14.3 Å². The fourth-order valence-corrected chi connectivity index (χ4v) is 1.39. The van der Waals surface area contributed by atoms with E-state index in [9.17, 15) is 9.59 Å². The molecule has 0 aliphatic carbocycles. The average molecular weight is 207 g/mol. The Labute approximate surface area is 83.4 Å². The zero-order chi connectivity index (χ0) is 10.4. The summed E-state index contributed by atoms with van der Waals surface area (Å²) in [5.41, 5.74) is 0. The van der Waals surface area contributed by atoms with E-state index in [0.717, 1.165) is 0 Å². The fourth-order valence-electron chi connectivity index (χ4n) is 1.18. The molecule has 0 N–H and O–H groups in total. The number of carbonyl (C=O) groups excluding carboxylic acids is 2. The summed E-state index contributed by atoms with van der Waals surface area (Å²) in [5, 5.41) is -0.507. The largest absolute Gasteiger partial charge is 0.373 e. The molecule has 0 aromatic rings. The predicted molar refractivity (Wildman–Crippen MR) is 50.7 cm³/mol. The maximum atomic E-state index is 11.0. The summed E-state index contributed by atoms with van der Waals surface area (Å²) in [4.78, 5) is 21.5. The lowest BCUT2D eigenvalue weighted by molar-refractivity contribution is -0.128. The van der Waals surface area contributed by atoms with Gasteiger partial charge in [0, 0.05) is 7.11 Å². The smallest absolute Gasteiger partial charge is 0.227 e. The molecule has 0 fully saturated rings. The van der Waals surface area contributed by atoms with Crippen LogP contribution in [0.2, 0.25) is 0 Å².